The first-order valence-corrected chi connectivity index (χ1v) is 8.58. The molecule has 0 saturated carbocycles. The summed E-state index contributed by atoms with van der Waals surface area (Å²) in [5.74, 6) is 0. The molecule has 0 fully saturated rings. The number of hydrogen-bond acceptors (Lipinski definition) is 4. The standard InChI is InChI=1S/C14H14BrNO3S/c1-20(17,18)19-14(9-11-5-3-2-4-6-11)13-8-7-12(15)10-16-13/h2-8,10,14H,9H2,1H3. The summed E-state index contributed by atoms with van der Waals surface area (Å²) in [6.45, 7) is 0. The molecule has 2 aromatic rings. The first-order chi connectivity index (χ1) is 9.44. The second-order valence-electron chi connectivity index (χ2n) is 4.38. The molecule has 6 heteroatoms. The van der Waals surface area contributed by atoms with Gasteiger partial charge in [-0.2, -0.15) is 8.42 Å². The molecule has 1 atom stereocenters. The number of pyridine rings is 1. The van der Waals surface area contributed by atoms with E-state index in [1.54, 1.807) is 12.3 Å². The van der Waals surface area contributed by atoms with Crippen molar-refractivity contribution in [1.82, 2.24) is 4.98 Å². The maximum absolute atomic E-state index is 11.4. The SMILES string of the molecule is CS(=O)(=O)OC(Cc1ccccc1)c1ccc(Br)cn1. The van der Waals surface area contributed by atoms with Crippen LogP contribution in [0.2, 0.25) is 0 Å². The summed E-state index contributed by atoms with van der Waals surface area (Å²) in [6.07, 6.45) is 2.49. The van der Waals surface area contributed by atoms with Crippen molar-refractivity contribution in [3.05, 3.63) is 64.4 Å². The lowest BCUT2D eigenvalue weighted by Gasteiger charge is -2.16. The minimum atomic E-state index is -3.55. The molecule has 20 heavy (non-hydrogen) atoms. The zero-order chi connectivity index (χ0) is 14.6. The molecule has 0 aliphatic carbocycles. The molecule has 1 aromatic heterocycles. The van der Waals surface area contributed by atoms with Gasteiger partial charge in [0.2, 0.25) is 0 Å². The van der Waals surface area contributed by atoms with Crippen molar-refractivity contribution in [3.8, 4) is 0 Å². The van der Waals surface area contributed by atoms with Crippen LogP contribution in [0.5, 0.6) is 0 Å². The van der Waals surface area contributed by atoms with E-state index in [9.17, 15) is 8.42 Å². The van der Waals surface area contributed by atoms with Crippen LogP contribution in [0, 0.1) is 0 Å². The van der Waals surface area contributed by atoms with Crippen molar-refractivity contribution in [2.75, 3.05) is 6.26 Å². The summed E-state index contributed by atoms with van der Waals surface area (Å²) in [7, 11) is -3.55. The summed E-state index contributed by atoms with van der Waals surface area (Å²) in [4.78, 5) is 4.22. The van der Waals surface area contributed by atoms with Gasteiger partial charge < -0.3 is 0 Å². The van der Waals surface area contributed by atoms with Gasteiger partial charge in [0.25, 0.3) is 10.1 Å². The molecule has 2 rings (SSSR count). The smallest absolute Gasteiger partial charge is 0.260 e. The van der Waals surface area contributed by atoms with Crippen LogP contribution in [0.25, 0.3) is 0 Å². The third-order valence-corrected chi connectivity index (χ3v) is 3.69. The first-order valence-electron chi connectivity index (χ1n) is 5.98. The molecule has 0 aliphatic rings. The zero-order valence-electron chi connectivity index (χ0n) is 10.9. The third kappa shape index (κ3) is 4.70. The minimum absolute atomic E-state index is 0.447. The lowest BCUT2D eigenvalue weighted by molar-refractivity contribution is 0.211. The van der Waals surface area contributed by atoms with Crippen LogP contribution in [-0.4, -0.2) is 19.7 Å². The summed E-state index contributed by atoms with van der Waals surface area (Å²) in [5.41, 5.74) is 1.58. The van der Waals surface area contributed by atoms with E-state index in [1.165, 1.54) is 0 Å². The molecular weight excluding hydrogens is 342 g/mol. The Morgan fingerprint density at radius 3 is 2.45 bits per heavy atom. The van der Waals surface area contributed by atoms with Gasteiger partial charge >= 0.3 is 0 Å². The maximum Gasteiger partial charge on any atom is 0.265 e. The Kier molecular flexibility index (Phi) is 4.91. The fraction of sp³-hybridized carbons (Fsp3) is 0.214. The van der Waals surface area contributed by atoms with Crippen LogP contribution in [0.15, 0.2) is 53.1 Å². The number of rotatable bonds is 5. The van der Waals surface area contributed by atoms with Crippen LogP contribution >= 0.6 is 15.9 Å². The van der Waals surface area contributed by atoms with E-state index in [1.807, 2.05) is 36.4 Å². The molecule has 0 aliphatic heterocycles. The van der Waals surface area contributed by atoms with Crippen molar-refractivity contribution in [2.45, 2.75) is 12.5 Å². The quantitative estimate of drug-likeness (QED) is 0.773. The summed E-state index contributed by atoms with van der Waals surface area (Å²) >= 11 is 3.30. The van der Waals surface area contributed by atoms with E-state index in [0.29, 0.717) is 12.1 Å². The first kappa shape index (κ1) is 15.2. The summed E-state index contributed by atoms with van der Waals surface area (Å²) in [6, 6.07) is 13.1. The van der Waals surface area contributed by atoms with Gasteiger partial charge in [0.1, 0.15) is 6.10 Å². The number of nitrogens with zero attached hydrogens (tertiary/aromatic N) is 1. The molecule has 106 valence electrons. The Balaban J connectivity index is 2.27. The van der Waals surface area contributed by atoms with Crippen molar-refractivity contribution in [3.63, 3.8) is 0 Å². The Hall–Kier alpha value is -1.24. The zero-order valence-corrected chi connectivity index (χ0v) is 13.3. The molecular formula is C14H14BrNO3S. The second-order valence-corrected chi connectivity index (χ2v) is 6.90. The molecule has 4 nitrogen and oxygen atoms in total. The predicted molar refractivity (Wildman–Crippen MR) is 80.8 cm³/mol. The van der Waals surface area contributed by atoms with Gasteiger partial charge in [0.05, 0.1) is 11.9 Å². The highest BCUT2D eigenvalue weighted by Crippen LogP contribution is 2.23. The van der Waals surface area contributed by atoms with Gasteiger partial charge in [-0.3, -0.25) is 9.17 Å². The minimum Gasteiger partial charge on any atom is -0.260 e. The Morgan fingerprint density at radius 1 is 1.20 bits per heavy atom. The van der Waals surface area contributed by atoms with Crippen molar-refractivity contribution in [2.24, 2.45) is 0 Å². The van der Waals surface area contributed by atoms with Gasteiger partial charge in [-0.05, 0) is 33.6 Å². The Morgan fingerprint density at radius 2 is 1.90 bits per heavy atom. The fourth-order valence-corrected chi connectivity index (χ4v) is 2.63. The van der Waals surface area contributed by atoms with Crippen molar-refractivity contribution >= 4 is 26.0 Å². The highest BCUT2D eigenvalue weighted by atomic mass is 79.9. The van der Waals surface area contributed by atoms with Crippen molar-refractivity contribution in [1.29, 1.82) is 0 Å². The summed E-state index contributed by atoms with van der Waals surface area (Å²) < 4.78 is 28.8. The van der Waals surface area contributed by atoms with E-state index in [4.69, 9.17) is 4.18 Å². The molecule has 0 spiro atoms. The average Bonchev–Trinajstić information content (AvgIpc) is 2.38. The predicted octanol–water partition coefficient (Wildman–Crippen LogP) is 3.10. The van der Waals surface area contributed by atoms with Gasteiger partial charge in [-0.25, -0.2) is 0 Å². The molecule has 0 bridgehead atoms. The fourth-order valence-electron chi connectivity index (χ4n) is 1.80. The molecule has 1 heterocycles. The molecule has 0 amide bonds. The molecule has 1 aromatic carbocycles. The van der Waals surface area contributed by atoms with E-state index in [-0.39, 0.29) is 0 Å². The van der Waals surface area contributed by atoms with E-state index in [2.05, 4.69) is 20.9 Å². The van der Waals surface area contributed by atoms with Gasteiger partial charge in [-0.1, -0.05) is 30.3 Å². The van der Waals surface area contributed by atoms with E-state index < -0.39 is 16.2 Å². The van der Waals surface area contributed by atoms with Crippen LogP contribution in [0.4, 0.5) is 0 Å². The normalized spacial score (nSPS) is 13.1. The summed E-state index contributed by atoms with van der Waals surface area (Å²) in [5, 5.41) is 0. The van der Waals surface area contributed by atoms with Gasteiger partial charge in [-0.15, -0.1) is 0 Å². The topological polar surface area (TPSA) is 56.3 Å². The van der Waals surface area contributed by atoms with Crippen LogP contribution in [0.1, 0.15) is 17.4 Å². The Bertz CT molecular complexity index is 657. The number of hydrogen-bond donors (Lipinski definition) is 0. The molecule has 1 unspecified atom stereocenters. The van der Waals surface area contributed by atoms with Crippen LogP contribution in [-0.2, 0) is 20.7 Å². The van der Waals surface area contributed by atoms with E-state index >= 15 is 0 Å². The van der Waals surface area contributed by atoms with Crippen LogP contribution < -0.4 is 0 Å². The van der Waals surface area contributed by atoms with E-state index in [0.717, 1.165) is 16.3 Å². The third-order valence-electron chi connectivity index (χ3n) is 2.64. The molecule has 0 saturated heterocycles. The highest BCUT2D eigenvalue weighted by molar-refractivity contribution is 9.10. The Labute approximate surface area is 127 Å². The molecule has 0 radical (unpaired) electrons. The second kappa shape index (κ2) is 6.47. The number of halogens is 1. The number of aromatic nitrogens is 1. The van der Waals surface area contributed by atoms with Gasteiger partial charge in [0, 0.05) is 17.1 Å². The highest BCUT2D eigenvalue weighted by Gasteiger charge is 2.19. The van der Waals surface area contributed by atoms with Gasteiger partial charge in [0.15, 0.2) is 0 Å². The lowest BCUT2D eigenvalue weighted by Crippen LogP contribution is -2.14. The lowest BCUT2D eigenvalue weighted by atomic mass is 10.1. The number of benzene rings is 1. The average molecular weight is 356 g/mol. The van der Waals surface area contributed by atoms with Crippen LogP contribution in [0.3, 0.4) is 0 Å². The van der Waals surface area contributed by atoms with Crippen molar-refractivity contribution < 1.29 is 12.6 Å². The maximum atomic E-state index is 11.4. The molecule has 0 N–H and O–H groups in total. The largest absolute Gasteiger partial charge is 0.265 e. The monoisotopic (exact) mass is 355 g/mol.